The lowest BCUT2D eigenvalue weighted by Gasteiger charge is -2.26. The quantitative estimate of drug-likeness (QED) is 0.569. The van der Waals surface area contributed by atoms with Gasteiger partial charge in [0.1, 0.15) is 5.69 Å². The Balaban J connectivity index is 1.71. The fraction of sp³-hybridized carbons (Fsp3) is 0.471. The predicted molar refractivity (Wildman–Crippen MR) is 97.3 cm³/mol. The summed E-state index contributed by atoms with van der Waals surface area (Å²) >= 11 is 0. The second-order valence-corrected chi connectivity index (χ2v) is 7.05. The number of nitrogens with zero attached hydrogens (tertiary/aromatic N) is 6. The Kier molecular flexibility index (Phi) is 3.69. The van der Waals surface area contributed by atoms with Crippen molar-refractivity contribution in [3.05, 3.63) is 33.2 Å². The normalized spacial score (nSPS) is 19.3. The summed E-state index contributed by atoms with van der Waals surface area (Å²) in [5.74, 6) is 0.441. The number of piperidine rings is 1. The molecule has 1 aliphatic carbocycles. The Morgan fingerprint density at radius 1 is 1.19 bits per heavy atom. The molecule has 3 N–H and O–H groups in total. The minimum atomic E-state index is -0.469. The van der Waals surface area contributed by atoms with Gasteiger partial charge in [-0.15, -0.1) is 0 Å². The van der Waals surface area contributed by atoms with E-state index in [-0.39, 0.29) is 11.6 Å². The van der Waals surface area contributed by atoms with Gasteiger partial charge in [0, 0.05) is 18.3 Å². The molecule has 0 amide bonds. The van der Waals surface area contributed by atoms with E-state index in [1.165, 1.54) is 6.42 Å². The van der Waals surface area contributed by atoms with Gasteiger partial charge >= 0.3 is 5.69 Å². The molecule has 0 unspecified atom stereocenters. The minimum Gasteiger partial charge on any atom is -0.493 e. The van der Waals surface area contributed by atoms with Crippen LogP contribution in [0.3, 0.4) is 0 Å². The second kappa shape index (κ2) is 6.22. The number of H-pyrrole nitrogens is 2. The van der Waals surface area contributed by atoms with Gasteiger partial charge in [-0.3, -0.25) is 4.98 Å². The molecule has 4 heterocycles. The molecule has 3 aromatic heterocycles. The molecule has 2 aliphatic rings. The van der Waals surface area contributed by atoms with Crippen LogP contribution in [0.15, 0.2) is 16.0 Å². The van der Waals surface area contributed by atoms with E-state index in [0.29, 0.717) is 28.5 Å². The Bertz CT molecular complexity index is 1160. The molecule has 10 nitrogen and oxygen atoms in total. The Hall–Kier alpha value is -3.17. The van der Waals surface area contributed by atoms with Gasteiger partial charge in [0.2, 0.25) is 11.8 Å². The highest BCUT2D eigenvalue weighted by Crippen LogP contribution is 2.22. The second-order valence-electron chi connectivity index (χ2n) is 7.05. The van der Waals surface area contributed by atoms with Crippen LogP contribution in [-0.2, 0) is 0 Å². The molecule has 140 valence electrons. The fourth-order valence-electron chi connectivity index (χ4n) is 3.30. The molecule has 0 bridgehead atoms. The molecule has 3 aromatic rings. The minimum absolute atomic E-state index is 0.215. The van der Waals surface area contributed by atoms with Crippen LogP contribution < -0.4 is 21.4 Å². The molecule has 10 heteroatoms. The SMILES string of the molecule is O=c1[nH]c(O)c(/C=c2\cnn3c(=NC4CC4)nc(N4CCCCC4)nc23)[nH]1. The lowest BCUT2D eigenvalue weighted by molar-refractivity contribution is 0.454. The van der Waals surface area contributed by atoms with Gasteiger partial charge < -0.3 is 15.0 Å². The summed E-state index contributed by atoms with van der Waals surface area (Å²) in [6.07, 6.45) is 8.90. The van der Waals surface area contributed by atoms with Crippen LogP contribution >= 0.6 is 0 Å². The topological polar surface area (TPSA) is 128 Å². The highest BCUT2D eigenvalue weighted by atomic mass is 16.3. The highest BCUT2D eigenvalue weighted by Gasteiger charge is 2.22. The number of rotatable bonds is 3. The summed E-state index contributed by atoms with van der Waals surface area (Å²) in [5, 5.41) is 14.9. The molecule has 0 atom stereocenters. The third-order valence-corrected chi connectivity index (χ3v) is 4.89. The molecule has 0 aromatic carbocycles. The van der Waals surface area contributed by atoms with Crippen molar-refractivity contribution < 1.29 is 5.11 Å². The van der Waals surface area contributed by atoms with E-state index in [1.54, 1.807) is 16.8 Å². The van der Waals surface area contributed by atoms with E-state index in [1.807, 2.05) is 0 Å². The molecule has 1 aliphatic heterocycles. The number of hydrogen-bond donors (Lipinski definition) is 3. The van der Waals surface area contributed by atoms with Crippen molar-refractivity contribution in [1.29, 1.82) is 0 Å². The largest absolute Gasteiger partial charge is 0.493 e. The monoisotopic (exact) mass is 368 g/mol. The van der Waals surface area contributed by atoms with E-state index < -0.39 is 5.69 Å². The van der Waals surface area contributed by atoms with E-state index >= 15 is 0 Å². The molecule has 2 fully saturated rings. The molecule has 1 saturated carbocycles. The molecule has 0 spiro atoms. The summed E-state index contributed by atoms with van der Waals surface area (Å²) in [7, 11) is 0. The van der Waals surface area contributed by atoms with Gasteiger partial charge in [-0.05, 0) is 38.2 Å². The zero-order valence-electron chi connectivity index (χ0n) is 14.7. The zero-order valence-corrected chi connectivity index (χ0v) is 14.7. The summed E-state index contributed by atoms with van der Waals surface area (Å²) < 4.78 is 1.62. The van der Waals surface area contributed by atoms with Crippen LogP contribution in [0.4, 0.5) is 5.95 Å². The number of anilines is 1. The van der Waals surface area contributed by atoms with Gasteiger partial charge in [-0.2, -0.15) is 19.6 Å². The number of aromatic hydroxyl groups is 1. The first-order chi connectivity index (χ1) is 13.2. The van der Waals surface area contributed by atoms with Crippen molar-refractivity contribution in [3.63, 3.8) is 0 Å². The Morgan fingerprint density at radius 3 is 2.70 bits per heavy atom. The summed E-state index contributed by atoms with van der Waals surface area (Å²) in [4.78, 5) is 32.5. The standard InChI is InChI=1S/C17H20N8O2/c26-14-12(20-17(27)22-14)8-10-9-18-25-13(10)21-15(24-6-2-1-3-7-24)23-16(25)19-11-4-5-11/h8-9,11,26H,1-7H2,(H2,20,22,27)/b10-8+,19-16?. The van der Waals surface area contributed by atoms with Crippen LogP contribution in [0, 0.1) is 0 Å². The number of fused-ring (bicyclic) bond motifs is 1. The van der Waals surface area contributed by atoms with Crippen molar-refractivity contribution in [2.75, 3.05) is 18.0 Å². The maximum Gasteiger partial charge on any atom is 0.326 e. The summed E-state index contributed by atoms with van der Waals surface area (Å²) in [5.41, 5.74) is 0.970. The summed E-state index contributed by atoms with van der Waals surface area (Å²) in [6, 6.07) is 0.305. The lowest BCUT2D eigenvalue weighted by atomic mass is 10.1. The molecule has 27 heavy (non-hydrogen) atoms. The molecular weight excluding hydrogens is 348 g/mol. The first kappa shape index (κ1) is 16.0. The van der Waals surface area contributed by atoms with Gasteiger partial charge in [0.15, 0.2) is 5.65 Å². The third-order valence-electron chi connectivity index (χ3n) is 4.89. The van der Waals surface area contributed by atoms with E-state index in [0.717, 1.165) is 38.8 Å². The Morgan fingerprint density at radius 2 is 2.00 bits per heavy atom. The Labute approximate surface area is 153 Å². The number of imidazole rings is 1. The van der Waals surface area contributed by atoms with E-state index in [2.05, 4.69) is 25.0 Å². The van der Waals surface area contributed by atoms with Crippen LogP contribution in [-0.4, -0.2) is 53.8 Å². The smallest absolute Gasteiger partial charge is 0.326 e. The van der Waals surface area contributed by atoms with Crippen LogP contribution in [0.2, 0.25) is 0 Å². The number of nitrogens with one attached hydrogen (secondary N) is 2. The number of hydrogen-bond acceptors (Lipinski definition) is 7. The van der Waals surface area contributed by atoms with Crippen molar-refractivity contribution in [1.82, 2.24) is 29.5 Å². The summed E-state index contributed by atoms with van der Waals surface area (Å²) in [6.45, 7) is 1.86. The average Bonchev–Trinajstić information content (AvgIpc) is 3.31. The molecular formula is C17H20N8O2. The van der Waals surface area contributed by atoms with E-state index in [9.17, 15) is 9.90 Å². The molecule has 1 saturated heterocycles. The maximum atomic E-state index is 11.4. The first-order valence-corrected chi connectivity index (χ1v) is 9.25. The van der Waals surface area contributed by atoms with Crippen molar-refractivity contribution in [3.8, 4) is 5.88 Å². The number of aromatic amines is 2. The third kappa shape index (κ3) is 3.07. The number of aromatic nitrogens is 6. The fourth-order valence-corrected chi connectivity index (χ4v) is 3.30. The van der Waals surface area contributed by atoms with Gasteiger partial charge in [0.25, 0.3) is 5.62 Å². The van der Waals surface area contributed by atoms with Crippen LogP contribution in [0.5, 0.6) is 5.88 Å². The van der Waals surface area contributed by atoms with Crippen LogP contribution in [0.1, 0.15) is 37.8 Å². The average molecular weight is 368 g/mol. The van der Waals surface area contributed by atoms with Gasteiger partial charge in [-0.1, -0.05) is 0 Å². The predicted octanol–water partition coefficient (Wildman–Crippen LogP) is -0.553. The maximum absolute atomic E-state index is 11.4. The highest BCUT2D eigenvalue weighted by molar-refractivity contribution is 5.57. The molecule has 5 rings (SSSR count). The van der Waals surface area contributed by atoms with E-state index in [4.69, 9.17) is 9.98 Å². The zero-order chi connectivity index (χ0) is 18.4. The van der Waals surface area contributed by atoms with Crippen molar-refractivity contribution >= 4 is 17.7 Å². The van der Waals surface area contributed by atoms with Crippen molar-refractivity contribution in [2.24, 2.45) is 4.99 Å². The van der Waals surface area contributed by atoms with Crippen LogP contribution in [0.25, 0.3) is 11.7 Å². The first-order valence-electron chi connectivity index (χ1n) is 9.25. The molecule has 0 radical (unpaired) electrons. The lowest BCUT2D eigenvalue weighted by Crippen LogP contribution is -2.34. The van der Waals surface area contributed by atoms with Crippen molar-refractivity contribution in [2.45, 2.75) is 38.1 Å². The van der Waals surface area contributed by atoms with Gasteiger partial charge in [0.05, 0.1) is 12.2 Å². The van der Waals surface area contributed by atoms with Gasteiger partial charge in [-0.25, -0.2) is 9.79 Å².